The second kappa shape index (κ2) is 4.32. The fourth-order valence-corrected chi connectivity index (χ4v) is 1.30. The van der Waals surface area contributed by atoms with Crippen molar-refractivity contribution < 1.29 is 4.39 Å². The molecule has 0 radical (unpaired) electrons. The fraction of sp³-hybridized carbons (Fsp3) is 0. The molecule has 0 saturated carbocycles. The molecule has 1 heterocycles. The van der Waals surface area contributed by atoms with E-state index >= 15 is 0 Å². The SMILES string of the molecule is O=c1[nH]ncc(Nc2ccc(F)cc2)c1Cl. The molecule has 2 aromatic rings. The van der Waals surface area contributed by atoms with Crippen LogP contribution in [-0.4, -0.2) is 10.2 Å². The predicted octanol–water partition coefficient (Wildman–Crippen LogP) is 2.31. The van der Waals surface area contributed by atoms with Gasteiger partial charge in [0.2, 0.25) is 0 Å². The molecule has 2 rings (SSSR count). The monoisotopic (exact) mass is 239 g/mol. The van der Waals surface area contributed by atoms with Gasteiger partial charge in [-0.25, -0.2) is 9.49 Å². The molecule has 1 aromatic heterocycles. The molecule has 16 heavy (non-hydrogen) atoms. The van der Waals surface area contributed by atoms with E-state index < -0.39 is 5.56 Å². The lowest BCUT2D eigenvalue weighted by atomic mass is 10.3. The normalized spacial score (nSPS) is 10.1. The molecule has 0 fully saturated rings. The first-order valence-electron chi connectivity index (χ1n) is 4.42. The van der Waals surface area contributed by atoms with Gasteiger partial charge in [-0.1, -0.05) is 11.6 Å². The number of nitrogens with one attached hydrogen (secondary N) is 2. The first kappa shape index (κ1) is 10.6. The van der Waals surface area contributed by atoms with Crippen molar-refractivity contribution in [3.05, 3.63) is 51.7 Å². The number of nitrogens with zero attached hydrogens (tertiary/aromatic N) is 1. The van der Waals surface area contributed by atoms with Gasteiger partial charge in [-0.2, -0.15) is 5.10 Å². The van der Waals surface area contributed by atoms with Crippen molar-refractivity contribution in [2.24, 2.45) is 0 Å². The van der Waals surface area contributed by atoms with E-state index in [2.05, 4.69) is 15.5 Å². The Hall–Kier alpha value is -1.88. The zero-order valence-corrected chi connectivity index (χ0v) is 8.75. The molecule has 6 heteroatoms. The van der Waals surface area contributed by atoms with Gasteiger partial charge in [0.15, 0.2) is 0 Å². The Kier molecular flexibility index (Phi) is 2.87. The van der Waals surface area contributed by atoms with E-state index in [9.17, 15) is 9.18 Å². The number of anilines is 2. The van der Waals surface area contributed by atoms with Crippen LogP contribution in [0.5, 0.6) is 0 Å². The van der Waals surface area contributed by atoms with Crippen LogP contribution in [0, 0.1) is 5.82 Å². The molecule has 0 atom stereocenters. The van der Waals surface area contributed by atoms with E-state index in [4.69, 9.17) is 11.6 Å². The smallest absolute Gasteiger partial charge is 0.285 e. The highest BCUT2D eigenvalue weighted by Gasteiger charge is 2.04. The van der Waals surface area contributed by atoms with Crippen LogP contribution in [0.3, 0.4) is 0 Å². The van der Waals surface area contributed by atoms with Gasteiger partial charge in [0.1, 0.15) is 10.8 Å². The van der Waals surface area contributed by atoms with E-state index in [1.165, 1.54) is 30.5 Å². The summed E-state index contributed by atoms with van der Waals surface area (Å²) in [4.78, 5) is 11.1. The zero-order valence-electron chi connectivity index (χ0n) is 8.00. The van der Waals surface area contributed by atoms with Crippen LogP contribution < -0.4 is 10.9 Å². The highest BCUT2D eigenvalue weighted by atomic mass is 35.5. The third-order valence-electron chi connectivity index (χ3n) is 1.92. The summed E-state index contributed by atoms with van der Waals surface area (Å²) in [6, 6.07) is 5.67. The molecule has 0 bridgehead atoms. The lowest BCUT2D eigenvalue weighted by molar-refractivity contribution is 0.628. The Morgan fingerprint density at radius 3 is 2.69 bits per heavy atom. The van der Waals surface area contributed by atoms with Gasteiger partial charge < -0.3 is 5.32 Å². The van der Waals surface area contributed by atoms with E-state index in [-0.39, 0.29) is 10.8 Å². The quantitative estimate of drug-likeness (QED) is 0.846. The Morgan fingerprint density at radius 1 is 1.31 bits per heavy atom. The topological polar surface area (TPSA) is 57.8 Å². The summed E-state index contributed by atoms with van der Waals surface area (Å²) >= 11 is 5.75. The molecular formula is C10H7ClFN3O. The summed E-state index contributed by atoms with van der Waals surface area (Å²) in [6.07, 6.45) is 1.38. The van der Waals surface area contributed by atoms with Crippen LogP contribution in [0.4, 0.5) is 15.8 Å². The third kappa shape index (κ3) is 2.20. The highest BCUT2D eigenvalue weighted by molar-refractivity contribution is 6.33. The maximum atomic E-state index is 12.6. The van der Waals surface area contributed by atoms with E-state index in [1.807, 2.05) is 0 Å². The minimum atomic E-state index is -0.478. The molecule has 0 amide bonds. The molecule has 0 aliphatic carbocycles. The van der Waals surface area contributed by atoms with Crippen molar-refractivity contribution >= 4 is 23.0 Å². The summed E-state index contributed by atoms with van der Waals surface area (Å²) in [5, 5.41) is 8.67. The number of halogens is 2. The zero-order chi connectivity index (χ0) is 11.5. The lowest BCUT2D eigenvalue weighted by Gasteiger charge is -2.06. The van der Waals surface area contributed by atoms with Gasteiger partial charge in [0, 0.05) is 5.69 Å². The van der Waals surface area contributed by atoms with E-state index in [1.54, 1.807) is 0 Å². The minimum Gasteiger partial charge on any atom is -0.353 e. The van der Waals surface area contributed by atoms with Gasteiger partial charge in [0.25, 0.3) is 5.56 Å². The van der Waals surface area contributed by atoms with Crippen molar-refractivity contribution in [1.29, 1.82) is 0 Å². The van der Waals surface area contributed by atoms with Crippen LogP contribution in [0.1, 0.15) is 0 Å². The molecule has 0 aliphatic rings. The van der Waals surface area contributed by atoms with Crippen LogP contribution in [0.25, 0.3) is 0 Å². The maximum absolute atomic E-state index is 12.6. The van der Waals surface area contributed by atoms with Crippen molar-refractivity contribution in [3.63, 3.8) is 0 Å². The molecule has 0 saturated heterocycles. The number of hydrogen-bond donors (Lipinski definition) is 2. The fourth-order valence-electron chi connectivity index (χ4n) is 1.16. The van der Waals surface area contributed by atoms with Gasteiger partial charge >= 0.3 is 0 Å². The molecule has 0 unspecified atom stereocenters. The van der Waals surface area contributed by atoms with Crippen LogP contribution in [-0.2, 0) is 0 Å². The minimum absolute atomic E-state index is 0.0133. The standard InChI is InChI=1S/C10H7ClFN3O/c11-9-8(5-13-15-10(9)16)14-7-3-1-6(12)2-4-7/h1-5H,(H2,14,15,16). The van der Waals surface area contributed by atoms with Crippen molar-refractivity contribution in [1.82, 2.24) is 10.2 Å². The number of hydrogen-bond acceptors (Lipinski definition) is 3. The molecule has 2 N–H and O–H groups in total. The molecule has 0 aliphatic heterocycles. The third-order valence-corrected chi connectivity index (χ3v) is 2.29. The second-order valence-electron chi connectivity index (χ2n) is 3.06. The van der Waals surface area contributed by atoms with Gasteiger partial charge in [-0.05, 0) is 24.3 Å². The first-order valence-corrected chi connectivity index (χ1v) is 4.80. The largest absolute Gasteiger partial charge is 0.353 e. The van der Waals surface area contributed by atoms with Gasteiger partial charge in [-0.15, -0.1) is 0 Å². The average Bonchev–Trinajstić information content (AvgIpc) is 2.28. The number of H-pyrrole nitrogens is 1. The summed E-state index contributed by atoms with van der Waals surface area (Å²) in [7, 11) is 0. The molecule has 0 spiro atoms. The summed E-state index contributed by atoms with van der Waals surface area (Å²) in [6.45, 7) is 0. The van der Waals surface area contributed by atoms with Crippen molar-refractivity contribution in [3.8, 4) is 0 Å². The predicted molar refractivity (Wildman–Crippen MR) is 59.6 cm³/mol. The Labute approximate surface area is 95.1 Å². The van der Waals surface area contributed by atoms with Crippen molar-refractivity contribution in [2.75, 3.05) is 5.32 Å². The van der Waals surface area contributed by atoms with Crippen molar-refractivity contribution in [2.45, 2.75) is 0 Å². The molecule has 82 valence electrons. The lowest BCUT2D eigenvalue weighted by Crippen LogP contribution is -2.10. The Bertz CT molecular complexity index is 553. The molecule has 1 aromatic carbocycles. The van der Waals surface area contributed by atoms with Crippen LogP contribution in [0.15, 0.2) is 35.3 Å². The summed E-state index contributed by atoms with van der Waals surface area (Å²) in [5.41, 5.74) is 0.515. The number of benzene rings is 1. The Morgan fingerprint density at radius 2 is 2.00 bits per heavy atom. The average molecular weight is 240 g/mol. The van der Waals surface area contributed by atoms with Crippen LogP contribution in [0.2, 0.25) is 5.02 Å². The van der Waals surface area contributed by atoms with E-state index in [0.717, 1.165) is 0 Å². The number of aromatic nitrogens is 2. The van der Waals surface area contributed by atoms with E-state index in [0.29, 0.717) is 11.4 Å². The molecular weight excluding hydrogens is 233 g/mol. The molecule has 4 nitrogen and oxygen atoms in total. The summed E-state index contributed by atoms with van der Waals surface area (Å²) in [5.74, 6) is -0.333. The van der Waals surface area contributed by atoms with Crippen LogP contribution >= 0.6 is 11.6 Å². The van der Waals surface area contributed by atoms with Gasteiger partial charge in [-0.3, -0.25) is 4.79 Å². The maximum Gasteiger partial charge on any atom is 0.285 e. The summed E-state index contributed by atoms with van der Waals surface area (Å²) < 4.78 is 12.6. The Balaban J connectivity index is 2.30. The second-order valence-corrected chi connectivity index (χ2v) is 3.44. The number of rotatable bonds is 2. The highest BCUT2D eigenvalue weighted by Crippen LogP contribution is 2.20. The number of aromatic amines is 1. The van der Waals surface area contributed by atoms with Gasteiger partial charge in [0.05, 0.1) is 11.9 Å². The first-order chi connectivity index (χ1) is 7.66.